The molecule has 5 nitrogen and oxygen atoms in total. The second kappa shape index (κ2) is 9.95. The van der Waals surface area contributed by atoms with Crippen molar-refractivity contribution in [1.82, 2.24) is 4.90 Å². The molecule has 29 heavy (non-hydrogen) atoms. The Kier molecular flexibility index (Phi) is 7.64. The van der Waals surface area contributed by atoms with Gasteiger partial charge in [-0.1, -0.05) is 25.1 Å². The van der Waals surface area contributed by atoms with Crippen molar-refractivity contribution < 1.29 is 27.5 Å². The maximum Gasteiger partial charge on any atom is 0.418 e. The molecule has 0 fully saturated rings. The molecule has 0 saturated heterocycles. The molecule has 8 heteroatoms. The first-order valence-corrected chi connectivity index (χ1v) is 9.24. The number of carbonyl (C=O) groups excluding carboxylic acids is 2. The molecule has 2 amide bonds. The van der Waals surface area contributed by atoms with Crippen LogP contribution in [0.1, 0.15) is 36.2 Å². The molecular weight excluding hydrogens is 385 g/mol. The molecule has 0 bridgehead atoms. The van der Waals surface area contributed by atoms with Crippen molar-refractivity contribution in [3.05, 3.63) is 59.7 Å². The van der Waals surface area contributed by atoms with Crippen LogP contribution in [0.3, 0.4) is 0 Å². The quantitative estimate of drug-likeness (QED) is 0.695. The Morgan fingerprint density at radius 3 is 2.45 bits per heavy atom. The molecule has 0 aliphatic heterocycles. The zero-order valence-electron chi connectivity index (χ0n) is 16.3. The third kappa shape index (κ3) is 6.23. The zero-order chi connectivity index (χ0) is 21.4. The number of hydrogen-bond acceptors (Lipinski definition) is 3. The van der Waals surface area contributed by atoms with Crippen molar-refractivity contribution in [2.45, 2.75) is 26.4 Å². The van der Waals surface area contributed by atoms with Crippen LogP contribution in [0, 0.1) is 0 Å². The van der Waals surface area contributed by atoms with Gasteiger partial charge in [-0.05, 0) is 43.7 Å². The van der Waals surface area contributed by atoms with Gasteiger partial charge in [0.05, 0.1) is 17.9 Å². The lowest BCUT2D eigenvalue weighted by Gasteiger charge is -2.21. The number of ether oxygens (including phenoxy) is 1. The molecule has 156 valence electrons. The molecule has 0 unspecified atom stereocenters. The van der Waals surface area contributed by atoms with E-state index in [0.717, 1.165) is 12.5 Å². The summed E-state index contributed by atoms with van der Waals surface area (Å²) in [6.07, 6.45) is -3.78. The number of hydrogen-bond donors (Lipinski definition) is 1. The molecular formula is C21H23F3N2O3. The minimum Gasteiger partial charge on any atom is -0.494 e. The molecule has 0 heterocycles. The van der Waals surface area contributed by atoms with Gasteiger partial charge in [-0.25, -0.2) is 0 Å². The third-order valence-corrected chi connectivity index (χ3v) is 4.06. The van der Waals surface area contributed by atoms with Gasteiger partial charge in [0.25, 0.3) is 5.91 Å². The van der Waals surface area contributed by atoms with Gasteiger partial charge in [0.1, 0.15) is 12.3 Å². The van der Waals surface area contributed by atoms with Crippen molar-refractivity contribution >= 4 is 17.5 Å². The number of nitrogens with zero attached hydrogens (tertiary/aromatic N) is 1. The van der Waals surface area contributed by atoms with Crippen LogP contribution in [0.15, 0.2) is 48.5 Å². The summed E-state index contributed by atoms with van der Waals surface area (Å²) in [4.78, 5) is 26.3. The topological polar surface area (TPSA) is 58.6 Å². The smallest absolute Gasteiger partial charge is 0.418 e. The second-order valence-corrected chi connectivity index (χ2v) is 6.29. The normalized spacial score (nSPS) is 11.1. The molecule has 0 radical (unpaired) electrons. The molecule has 0 saturated carbocycles. The van der Waals surface area contributed by atoms with E-state index in [0.29, 0.717) is 17.9 Å². The van der Waals surface area contributed by atoms with E-state index in [2.05, 4.69) is 5.32 Å². The summed E-state index contributed by atoms with van der Waals surface area (Å²) < 4.78 is 44.7. The second-order valence-electron chi connectivity index (χ2n) is 6.29. The number of nitrogens with one attached hydrogen (secondary N) is 1. The van der Waals surface area contributed by atoms with Gasteiger partial charge in [-0.15, -0.1) is 0 Å². The zero-order valence-corrected chi connectivity index (χ0v) is 16.3. The molecule has 2 aromatic rings. The lowest BCUT2D eigenvalue weighted by molar-refractivity contribution is -0.137. The Labute approximate surface area is 167 Å². The minimum absolute atomic E-state index is 0.215. The molecule has 0 aromatic heterocycles. The molecule has 1 N–H and O–H groups in total. The van der Waals surface area contributed by atoms with E-state index in [1.165, 1.54) is 23.1 Å². The van der Waals surface area contributed by atoms with Gasteiger partial charge >= 0.3 is 6.18 Å². The van der Waals surface area contributed by atoms with Crippen LogP contribution in [0.4, 0.5) is 18.9 Å². The van der Waals surface area contributed by atoms with E-state index in [-0.39, 0.29) is 18.8 Å². The Balaban J connectivity index is 2.10. The third-order valence-electron chi connectivity index (χ3n) is 4.06. The van der Waals surface area contributed by atoms with Crippen molar-refractivity contribution in [2.75, 3.05) is 25.0 Å². The fraction of sp³-hybridized carbons (Fsp3) is 0.333. The summed E-state index contributed by atoms with van der Waals surface area (Å²) >= 11 is 0. The number of likely N-dealkylation sites (N-methyl/N-ethyl adjacent to an activating group) is 1. The van der Waals surface area contributed by atoms with Gasteiger partial charge in [-0.3, -0.25) is 9.59 Å². The van der Waals surface area contributed by atoms with Crippen molar-refractivity contribution in [3.63, 3.8) is 0 Å². The highest BCUT2D eigenvalue weighted by Gasteiger charge is 2.33. The number of amides is 2. The summed E-state index contributed by atoms with van der Waals surface area (Å²) in [6, 6.07) is 11.3. The van der Waals surface area contributed by atoms with Crippen LogP contribution in [0.2, 0.25) is 0 Å². The molecule has 0 atom stereocenters. The number of para-hydroxylation sites is 1. The van der Waals surface area contributed by atoms with E-state index in [1.807, 2.05) is 6.92 Å². The largest absolute Gasteiger partial charge is 0.494 e. The number of halogens is 3. The van der Waals surface area contributed by atoms with Crippen LogP contribution >= 0.6 is 0 Å². The Morgan fingerprint density at radius 2 is 1.79 bits per heavy atom. The highest BCUT2D eigenvalue weighted by molar-refractivity contribution is 5.99. The average molecular weight is 408 g/mol. The standard InChI is InChI=1S/C21H23F3N2O3/c1-3-12-29-16-9-7-8-15(13-16)20(28)26(4-2)14-19(27)25-18-11-6-5-10-17(18)21(22,23)24/h5-11,13H,3-4,12,14H2,1-2H3,(H,25,27). The summed E-state index contributed by atoms with van der Waals surface area (Å²) in [6.45, 7) is 4.00. The molecule has 2 rings (SSSR count). The molecule has 2 aromatic carbocycles. The fourth-order valence-corrected chi connectivity index (χ4v) is 2.65. The number of rotatable bonds is 8. The lowest BCUT2D eigenvalue weighted by atomic mass is 10.1. The number of benzene rings is 2. The maximum atomic E-state index is 13.1. The highest BCUT2D eigenvalue weighted by Crippen LogP contribution is 2.34. The first kappa shape index (κ1) is 22.3. The SMILES string of the molecule is CCCOc1cccc(C(=O)N(CC)CC(=O)Nc2ccccc2C(F)(F)F)c1. The van der Waals surface area contributed by atoms with Crippen LogP contribution in [-0.2, 0) is 11.0 Å². The van der Waals surface area contributed by atoms with E-state index in [9.17, 15) is 22.8 Å². The number of carbonyl (C=O) groups is 2. The molecule has 0 aliphatic carbocycles. The number of alkyl halides is 3. The minimum atomic E-state index is -4.59. The Morgan fingerprint density at radius 1 is 1.07 bits per heavy atom. The predicted molar refractivity (Wildman–Crippen MR) is 104 cm³/mol. The maximum absolute atomic E-state index is 13.1. The highest BCUT2D eigenvalue weighted by atomic mass is 19.4. The number of anilines is 1. The van der Waals surface area contributed by atoms with Crippen molar-refractivity contribution in [2.24, 2.45) is 0 Å². The van der Waals surface area contributed by atoms with Gasteiger partial charge in [-0.2, -0.15) is 13.2 Å². The fourth-order valence-electron chi connectivity index (χ4n) is 2.65. The van der Waals surface area contributed by atoms with E-state index in [4.69, 9.17) is 4.74 Å². The molecule has 0 spiro atoms. The van der Waals surface area contributed by atoms with Gasteiger partial charge in [0, 0.05) is 12.1 Å². The summed E-state index contributed by atoms with van der Waals surface area (Å²) in [5.41, 5.74) is -0.948. The summed E-state index contributed by atoms with van der Waals surface area (Å²) in [7, 11) is 0. The Hall–Kier alpha value is -3.03. The van der Waals surface area contributed by atoms with E-state index >= 15 is 0 Å². The van der Waals surface area contributed by atoms with Crippen LogP contribution in [-0.4, -0.2) is 36.4 Å². The van der Waals surface area contributed by atoms with Crippen molar-refractivity contribution in [3.8, 4) is 5.75 Å². The van der Waals surface area contributed by atoms with E-state index < -0.39 is 23.6 Å². The van der Waals surface area contributed by atoms with Gasteiger partial charge in [0.2, 0.25) is 5.91 Å². The summed E-state index contributed by atoms with van der Waals surface area (Å²) in [5.74, 6) is -0.582. The van der Waals surface area contributed by atoms with E-state index in [1.54, 1.807) is 31.2 Å². The van der Waals surface area contributed by atoms with Crippen LogP contribution < -0.4 is 10.1 Å². The molecule has 0 aliphatic rings. The van der Waals surface area contributed by atoms with Crippen molar-refractivity contribution in [1.29, 1.82) is 0 Å². The monoisotopic (exact) mass is 408 g/mol. The predicted octanol–water partition coefficient (Wildman–Crippen LogP) is 4.60. The average Bonchev–Trinajstić information content (AvgIpc) is 2.69. The first-order valence-electron chi connectivity index (χ1n) is 9.24. The van der Waals surface area contributed by atoms with Gasteiger partial charge < -0.3 is 15.0 Å². The summed E-state index contributed by atoms with van der Waals surface area (Å²) in [5, 5.41) is 2.25. The first-order chi connectivity index (χ1) is 13.8. The lowest BCUT2D eigenvalue weighted by Crippen LogP contribution is -2.38. The van der Waals surface area contributed by atoms with Crippen LogP contribution in [0.5, 0.6) is 5.75 Å². The van der Waals surface area contributed by atoms with Crippen LogP contribution in [0.25, 0.3) is 0 Å². The Bertz CT molecular complexity index is 853. The van der Waals surface area contributed by atoms with Gasteiger partial charge in [0.15, 0.2) is 0 Å².